The summed E-state index contributed by atoms with van der Waals surface area (Å²) in [5.74, 6) is 2.12. The number of aromatic nitrogens is 3. The SMILES string of the molecule is O=c1c2cc(N3CCOCC3)nc(-c3ccc(Cl)cc3F)c2nc2n1CC(C1CC1)C2. The minimum atomic E-state index is -0.473. The predicted molar refractivity (Wildman–Crippen MR) is 117 cm³/mol. The summed E-state index contributed by atoms with van der Waals surface area (Å²) in [4.78, 5) is 25.2. The van der Waals surface area contributed by atoms with Gasteiger partial charge < -0.3 is 9.64 Å². The number of rotatable bonds is 3. The van der Waals surface area contributed by atoms with E-state index in [-0.39, 0.29) is 5.56 Å². The molecule has 3 aromatic rings. The van der Waals surface area contributed by atoms with Gasteiger partial charge in [-0.25, -0.2) is 14.4 Å². The summed E-state index contributed by atoms with van der Waals surface area (Å²) in [6.07, 6.45) is 3.26. The number of hydrogen-bond donors (Lipinski definition) is 0. The van der Waals surface area contributed by atoms with E-state index < -0.39 is 5.82 Å². The molecule has 0 bridgehead atoms. The Morgan fingerprint density at radius 3 is 2.65 bits per heavy atom. The van der Waals surface area contributed by atoms with E-state index in [1.54, 1.807) is 12.1 Å². The third-order valence-corrected chi connectivity index (χ3v) is 6.91. The van der Waals surface area contributed by atoms with Gasteiger partial charge in [-0.3, -0.25) is 9.36 Å². The maximum absolute atomic E-state index is 14.9. The first-order chi connectivity index (χ1) is 15.1. The lowest BCUT2D eigenvalue weighted by atomic mass is 10.0. The lowest BCUT2D eigenvalue weighted by Gasteiger charge is -2.28. The molecule has 6 nitrogen and oxygen atoms in total. The van der Waals surface area contributed by atoms with Crippen LogP contribution in [0, 0.1) is 17.7 Å². The molecule has 31 heavy (non-hydrogen) atoms. The summed E-state index contributed by atoms with van der Waals surface area (Å²) in [6, 6.07) is 6.33. The van der Waals surface area contributed by atoms with Crippen molar-refractivity contribution < 1.29 is 9.13 Å². The third-order valence-electron chi connectivity index (χ3n) is 6.68. The molecule has 1 saturated carbocycles. The molecule has 1 aromatic carbocycles. The Balaban J connectivity index is 1.58. The molecule has 8 heteroatoms. The van der Waals surface area contributed by atoms with Gasteiger partial charge in [0.25, 0.3) is 5.56 Å². The van der Waals surface area contributed by atoms with Gasteiger partial charge in [0.15, 0.2) is 0 Å². The smallest absolute Gasteiger partial charge is 0.261 e. The number of benzene rings is 1. The molecule has 1 saturated heterocycles. The number of ether oxygens (including phenoxy) is 1. The van der Waals surface area contributed by atoms with E-state index in [4.69, 9.17) is 26.3 Å². The minimum Gasteiger partial charge on any atom is -0.378 e. The van der Waals surface area contributed by atoms with Crippen molar-refractivity contribution in [2.24, 2.45) is 11.8 Å². The Bertz CT molecular complexity index is 1250. The molecule has 0 spiro atoms. The first-order valence-electron chi connectivity index (χ1n) is 10.8. The summed E-state index contributed by atoms with van der Waals surface area (Å²) in [7, 11) is 0. The van der Waals surface area contributed by atoms with Crippen molar-refractivity contribution in [3.63, 3.8) is 0 Å². The van der Waals surface area contributed by atoms with Crippen molar-refractivity contribution in [3.05, 3.63) is 51.3 Å². The number of morpholine rings is 1. The molecule has 0 N–H and O–H groups in total. The van der Waals surface area contributed by atoms with E-state index in [1.165, 1.54) is 18.9 Å². The summed E-state index contributed by atoms with van der Waals surface area (Å²) < 4.78 is 22.2. The normalized spacial score (nSPS) is 21.0. The van der Waals surface area contributed by atoms with Crippen LogP contribution >= 0.6 is 11.6 Å². The highest BCUT2D eigenvalue weighted by molar-refractivity contribution is 6.30. The Morgan fingerprint density at radius 2 is 1.90 bits per heavy atom. The molecule has 1 unspecified atom stereocenters. The number of pyridine rings is 1. The zero-order valence-corrected chi connectivity index (χ0v) is 17.7. The van der Waals surface area contributed by atoms with Gasteiger partial charge in [0.05, 0.1) is 18.6 Å². The summed E-state index contributed by atoms with van der Waals surface area (Å²) >= 11 is 5.98. The van der Waals surface area contributed by atoms with E-state index in [1.807, 2.05) is 10.6 Å². The summed E-state index contributed by atoms with van der Waals surface area (Å²) in [5.41, 5.74) is 1.10. The topological polar surface area (TPSA) is 60.3 Å². The van der Waals surface area contributed by atoms with Crippen molar-refractivity contribution in [3.8, 4) is 11.3 Å². The fourth-order valence-electron chi connectivity index (χ4n) is 4.84. The summed E-state index contributed by atoms with van der Waals surface area (Å²) in [6.45, 7) is 3.25. The maximum Gasteiger partial charge on any atom is 0.261 e. The molecular formula is C23H22ClFN4O2. The van der Waals surface area contributed by atoms with Gasteiger partial charge in [-0.2, -0.15) is 0 Å². The second-order valence-corrected chi connectivity index (χ2v) is 9.13. The fraction of sp³-hybridized carbons (Fsp3) is 0.435. The van der Waals surface area contributed by atoms with Crippen LogP contribution in [0.3, 0.4) is 0 Å². The molecule has 1 aliphatic carbocycles. The van der Waals surface area contributed by atoms with Crippen LogP contribution in [0.5, 0.6) is 0 Å². The van der Waals surface area contributed by atoms with Crippen molar-refractivity contribution in [1.29, 1.82) is 0 Å². The first-order valence-corrected chi connectivity index (χ1v) is 11.2. The second kappa shape index (κ2) is 7.28. The van der Waals surface area contributed by atoms with Gasteiger partial charge in [0, 0.05) is 36.6 Å². The maximum atomic E-state index is 14.9. The van der Waals surface area contributed by atoms with Crippen LogP contribution in [0.25, 0.3) is 22.2 Å². The number of nitrogens with zero attached hydrogens (tertiary/aromatic N) is 4. The van der Waals surface area contributed by atoms with Crippen molar-refractivity contribution >= 4 is 28.3 Å². The fourth-order valence-corrected chi connectivity index (χ4v) is 5.00. The molecule has 1 atom stereocenters. The highest BCUT2D eigenvalue weighted by Crippen LogP contribution is 2.42. The molecule has 0 amide bonds. The van der Waals surface area contributed by atoms with Crippen LogP contribution in [0.4, 0.5) is 10.2 Å². The Kier molecular flexibility index (Phi) is 4.51. The van der Waals surface area contributed by atoms with Crippen LogP contribution in [0.2, 0.25) is 5.02 Å². The number of anilines is 1. The average molecular weight is 441 g/mol. The highest BCUT2D eigenvalue weighted by Gasteiger charge is 2.37. The van der Waals surface area contributed by atoms with Gasteiger partial charge in [-0.1, -0.05) is 11.6 Å². The third kappa shape index (κ3) is 3.31. The van der Waals surface area contributed by atoms with E-state index in [0.29, 0.717) is 71.1 Å². The molecule has 2 fully saturated rings. The van der Waals surface area contributed by atoms with Gasteiger partial charge in [-0.05, 0) is 48.9 Å². The standard InChI is InChI=1S/C23H22ClFN4O2/c24-15-3-4-16(18(25)10-15)21-22-17(11-19(26-21)28-5-7-31-8-6-28)23(30)29-12-14(13-1-2-13)9-20(29)27-22/h3-4,10-11,13-14H,1-2,5-9,12H2. The van der Waals surface area contributed by atoms with Crippen LogP contribution in [-0.4, -0.2) is 40.8 Å². The van der Waals surface area contributed by atoms with E-state index in [0.717, 1.165) is 18.8 Å². The molecule has 160 valence electrons. The highest BCUT2D eigenvalue weighted by atomic mass is 35.5. The molecule has 2 aromatic heterocycles. The minimum absolute atomic E-state index is 0.0596. The van der Waals surface area contributed by atoms with Crippen molar-refractivity contribution in [2.75, 3.05) is 31.2 Å². The molecule has 6 rings (SSSR count). The van der Waals surface area contributed by atoms with E-state index in [2.05, 4.69) is 4.90 Å². The van der Waals surface area contributed by atoms with Crippen LogP contribution < -0.4 is 10.5 Å². The predicted octanol–water partition coefficient (Wildman–Crippen LogP) is 3.67. The van der Waals surface area contributed by atoms with Crippen LogP contribution in [0.15, 0.2) is 29.1 Å². The lowest BCUT2D eigenvalue weighted by molar-refractivity contribution is 0.122. The molecule has 2 aliphatic heterocycles. The Hall–Kier alpha value is -2.51. The lowest BCUT2D eigenvalue weighted by Crippen LogP contribution is -2.37. The van der Waals surface area contributed by atoms with Gasteiger partial charge in [0.2, 0.25) is 0 Å². The number of halogens is 2. The molecule has 3 aliphatic rings. The monoisotopic (exact) mass is 440 g/mol. The number of hydrogen-bond acceptors (Lipinski definition) is 5. The summed E-state index contributed by atoms with van der Waals surface area (Å²) in [5, 5.41) is 0.803. The van der Waals surface area contributed by atoms with Crippen LogP contribution in [0.1, 0.15) is 18.7 Å². The van der Waals surface area contributed by atoms with E-state index in [9.17, 15) is 9.18 Å². The van der Waals surface area contributed by atoms with Crippen LogP contribution in [-0.2, 0) is 17.7 Å². The Labute approximate surface area is 183 Å². The van der Waals surface area contributed by atoms with Crippen molar-refractivity contribution in [1.82, 2.24) is 14.5 Å². The largest absolute Gasteiger partial charge is 0.378 e. The average Bonchev–Trinajstić information content (AvgIpc) is 3.54. The zero-order chi connectivity index (χ0) is 21.1. The zero-order valence-electron chi connectivity index (χ0n) is 17.0. The first kappa shape index (κ1) is 19.2. The Morgan fingerprint density at radius 1 is 1.10 bits per heavy atom. The van der Waals surface area contributed by atoms with Gasteiger partial charge in [-0.15, -0.1) is 0 Å². The van der Waals surface area contributed by atoms with Gasteiger partial charge in [0.1, 0.15) is 28.7 Å². The quantitative estimate of drug-likeness (QED) is 0.622. The molecule has 4 heterocycles. The van der Waals surface area contributed by atoms with Gasteiger partial charge >= 0.3 is 0 Å². The second-order valence-electron chi connectivity index (χ2n) is 8.69. The van der Waals surface area contributed by atoms with Crippen molar-refractivity contribution in [2.45, 2.75) is 25.8 Å². The van der Waals surface area contributed by atoms with E-state index >= 15 is 0 Å². The molecular weight excluding hydrogens is 419 g/mol. The molecule has 0 radical (unpaired) electrons. The number of fused-ring (bicyclic) bond motifs is 2.